The Balaban J connectivity index is 1.89. The second-order valence-electron chi connectivity index (χ2n) is 5.02. The Morgan fingerprint density at radius 3 is 2.35 bits per heavy atom. The van der Waals surface area contributed by atoms with Gasteiger partial charge in [0.2, 0.25) is 0 Å². The molecule has 0 aliphatic heterocycles. The maximum absolute atomic E-state index is 12.2. The molecule has 2 rings (SSSR count). The van der Waals surface area contributed by atoms with Crippen LogP contribution in [-0.2, 0) is 4.79 Å². The van der Waals surface area contributed by atoms with Crippen LogP contribution in [0.25, 0.3) is 0 Å². The van der Waals surface area contributed by atoms with Crippen molar-refractivity contribution in [1.82, 2.24) is 10.9 Å². The number of benzene rings is 2. The minimum atomic E-state index is -0.563. The van der Waals surface area contributed by atoms with Crippen LogP contribution >= 0.6 is 11.6 Å². The number of hydrogen-bond acceptors (Lipinski definition) is 5. The number of hydrazine groups is 1. The molecule has 0 bridgehead atoms. The molecule has 138 valence electrons. The number of para-hydroxylation sites is 2. The molecule has 0 fully saturated rings. The second kappa shape index (κ2) is 9.53. The van der Waals surface area contributed by atoms with Crippen molar-refractivity contribution in [1.29, 1.82) is 0 Å². The first kappa shape index (κ1) is 19.4. The molecule has 2 N–H and O–H groups in total. The largest absolute Gasteiger partial charge is 0.496 e. The molecule has 0 saturated heterocycles. The number of amides is 2. The Labute approximate surface area is 156 Å². The standard InChI is InChI=1S/C18H19ClN2O5/c1-3-25-15-6-4-5-7-16(15)26-11-17(22)20-21-18(23)13-10-12(19)8-9-14(13)24-2/h4-10H,3,11H2,1-2H3,(H,20,22)(H,21,23). The molecule has 2 amide bonds. The van der Waals surface area contributed by atoms with Gasteiger partial charge in [-0.05, 0) is 37.3 Å². The van der Waals surface area contributed by atoms with Crippen molar-refractivity contribution < 1.29 is 23.8 Å². The quantitative estimate of drug-likeness (QED) is 0.723. The number of methoxy groups -OCH3 is 1. The van der Waals surface area contributed by atoms with Crippen molar-refractivity contribution in [3.8, 4) is 17.2 Å². The van der Waals surface area contributed by atoms with Gasteiger partial charge >= 0.3 is 0 Å². The first-order valence-electron chi connectivity index (χ1n) is 7.82. The lowest BCUT2D eigenvalue weighted by Gasteiger charge is -2.13. The van der Waals surface area contributed by atoms with Crippen LogP contribution in [0.1, 0.15) is 17.3 Å². The van der Waals surface area contributed by atoms with Gasteiger partial charge in [-0.3, -0.25) is 20.4 Å². The summed E-state index contributed by atoms with van der Waals surface area (Å²) in [5, 5.41) is 0.373. The monoisotopic (exact) mass is 378 g/mol. The highest BCUT2D eigenvalue weighted by Crippen LogP contribution is 2.26. The molecule has 0 aromatic heterocycles. The van der Waals surface area contributed by atoms with Gasteiger partial charge in [-0.25, -0.2) is 0 Å². The fraction of sp³-hybridized carbons (Fsp3) is 0.222. The van der Waals surface area contributed by atoms with E-state index >= 15 is 0 Å². The summed E-state index contributed by atoms with van der Waals surface area (Å²) in [7, 11) is 1.43. The molecule has 0 unspecified atom stereocenters. The maximum atomic E-state index is 12.2. The molecule has 0 aliphatic carbocycles. The Kier molecular flexibility index (Phi) is 7.11. The molecular formula is C18H19ClN2O5. The number of ether oxygens (including phenoxy) is 3. The lowest BCUT2D eigenvalue weighted by Crippen LogP contribution is -2.43. The number of carbonyl (C=O) groups excluding carboxylic acids is 2. The molecule has 7 nitrogen and oxygen atoms in total. The lowest BCUT2D eigenvalue weighted by atomic mass is 10.2. The van der Waals surface area contributed by atoms with Crippen molar-refractivity contribution in [2.45, 2.75) is 6.92 Å². The van der Waals surface area contributed by atoms with Crippen molar-refractivity contribution in [3.05, 3.63) is 53.1 Å². The van der Waals surface area contributed by atoms with Crippen LogP contribution in [0.4, 0.5) is 0 Å². The van der Waals surface area contributed by atoms with E-state index in [2.05, 4.69) is 10.9 Å². The van der Waals surface area contributed by atoms with E-state index < -0.39 is 11.8 Å². The zero-order valence-electron chi connectivity index (χ0n) is 14.4. The van der Waals surface area contributed by atoms with Gasteiger partial charge < -0.3 is 14.2 Å². The van der Waals surface area contributed by atoms with Crippen LogP contribution in [0.2, 0.25) is 5.02 Å². The fourth-order valence-electron chi connectivity index (χ4n) is 2.07. The first-order chi connectivity index (χ1) is 12.5. The zero-order valence-corrected chi connectivity index (χ0v) is 15.1. The third-order valence-corrected chi connectivity index (χ3v) is 3.46. The van der Waals surface area contributed by atoms with E-state index in [1.165, 1.54) is 13.2 Å². The minimum Gasteiger partial charge on any atom is -0.496 e. The molecule has 0 heterocycles. The number of rotatable bonds is 7. The Hall–Kier alpha value is -2.93. The summed E-state index contributed by atoms with van der Waals surface area (Å²) in [6.07, 6.45) is 0. The average molecular weight is 379 g/mol. The van der Waals surface area contributed by atoms with Gasteiger partial charge in [0, 0.05) is 5.02 Å². The molecule has 0 radical (unpaired) electrons. The van der Waals surface area contributed by atoms with Crippen molar-refractivity contribution in [2.75, 3.05) is 20.3 Å². The normalized spacial score (nSPS) is 9.96. The predicted octanol–water partition coefficient (Wildman–Crippen LogP) is 2.59. The van der Waals surface area contributed by atoms with Gasteiger partial charge in [-0.1, -0.05) is 23.7 Å². The van der Waals surface area contributed by atoms with E-state index in [0.29, 0.717) is 28.9 Å². The first-order valence-corrected chi connectivity index (χ1v) is 8.20. The van der Waals surface area contributed by atoms with Crippen molar-refractivity contribution in [3.63, 3.8) is 0 Å². The van der Waals surface area contributed by atoms with E-state index in [1.807, 2.05) is 6.92 Å². The Morgan fingerprint density at radius 1 is 1.00 bits per heavy atom. The molecule has 0 atom stereocenters. The van der Waals surface area contributed by atoms with E-state index in [1.54, 1.807) is 36.4 Å². The highest BCUT2D eigenvalue weighted by Gasteiger charge is 2.14. The van der Waals surface area contributed by atoms with Gasteiger partial charge in [0.05, 0.1) is 19.3 Å². The molecule has 2 aromatic carbocycles. The van der Waals surface area contributed by atoms with Crippen LogP contribution < -0.4 is 25.1 Å². The SMILES string of the molecule is CCOc1ccccc1OCC(=O)NNC(=O)c1cc(Cl)ccc1OC. The van der Waals surface area contributed by atoms with Gasteiger partial charge in [0.25, 0.3) is 11.8 Å². The molecule has 26 heavy (non-hydrogen) atoms. The summed E-state index contributed by atoms with van der Waals surface area (Å²) in [6.45, 7) is 2.03. The predicted molar refractivity (Wildman–Crippen MR) is 96.7 cm³/mol. The summed E-state index contributed by atoms with van der Waals surface area (Å²) in [5.41, 5.74) is 4.76. The topological polar surface area (TPSA) is 85.9 Å². The van der Waals surface area contributed by atoms with Crippen LogP contribution in [0.15, 0.2) is 42.5 Å². The summed E-state index contributed by atoms with van der Waals surface area (Å²) in [5.74, 6) is 0.212. The number of hydrogen-bond donors (Lipinski definition) is 2. The summed E-state index contributed by atoms with van der Waals surface area (Å²) in [4.78, 5) is 24.1. The van der Waals surface area contributed by atoms with Gasteiger partial charge in [0.1, 0.15) is 5.75 Å². The summed E-state index contributed by atoms with van der Waals surface area (Å²) < 4.78 is 15.9. The van der Waals surface area contributed by atoms with Crippen LogP contribution in [-0.4, -0.2) is 32.1 Å². The molecule has 8 heteroatoms. The van der Waals surface area contributed by atoms with Gasteiger partial charge in [0.15, 0.2) is 18.1 Å². The Morgan fingerprint density at radius 2 is 1.69 bits per heavy atom. The van der Waals surface area contributed by atoms with E-state index in [4.69, 9.17) is 25.8 Å². The van der Waals surface area contributed by atoms with E-state index in [-0.39, 0.29) is 12.2 Å². The van der Waals surface area contributed by atoms with Crippen LogP contribution in [0.3, 0.4) is 0 Å². The van der Waals surface area contributed by atoms with E-state index in [0.717, 1.165) is 0 Å². The van der Waals surface area contributed by atoms with E-state index in [9.17, 15) is 9.59 Å². The number of carbonyl (C=O) groups is 2. The smallest absolute Gasteiger partial charge is 0.276 e. The Bertz CT molecular complexity index is 782. The highest BCUT2D eigenvalue weighted by molar-refractivity contribution is 6.31. The van der Waals surface area contributed by atoms with Crippen LogP contribution in [0.5, 0.6) is 17.2 Å². The molecular weight excluding hydrogens is 360 g/mol. The molecule has 2 aromatic rings. The summed E-state index contributed by atoms with van der Waals surface area (Å²) in [6, 6.07) is 11.6. The highest BCUT2D eigenvalue weighted by atomic mass is 35.5. The van der Waals surface area contributed by atoms with Gasteiger partial charge in [-0.15, -0.1) is 0 Å². The average Bonchev–Trinajstić information content (AvgIpc) is 2.65. The minimum absolute atomic E-state index is 0.197. The summed E-state index contributed by atoms with van der Waals surface area (Å²) >= 11 is 5.88. The lowest BCUT2D eigenvalue weighted by molar-refractivity contribution is -0.123. The van der Waals surface area contributed by atoms with Gasteiger partial charge in [-0.2, -0.15) is 0 Å². The maximum Gasteiger partial charge on any atom is 0.276 e. The van der Waals surface area contributed by atoms with Crippen molar-refractivity contribution >= 4 is 23.4 Å². The second-order valence-corrected chi connectivity index (χ2v) is 5.45. The third kappa shape index (κ3) is 5.29. The fourth-order valence-corrected chi connectivity index (χ4v) is 2.25. The number of halogens is 1. The molecule has 0 saturated carbocycles. The number of nitrogens with one attached hydrogen (secondary N) is 2. The third-order valence-electron chi connectivity index (χ3n) is 3.23. The van der Waals surface area contributed by atoms with Crippen molar-refractivity contribution in [2.24, 2.45) is 0 Å². The molecule has 0 spiro atoms. The zero-order chi connectivity index (χ0) is 18.9. The molecule has 0 aliphatic rings. The van der Waals surface area contributed by atoms with Crippen LogP contribution in [0, 0.1) is 0 Å².